The first-order valence-corrected chi connectivity index (χ1v) is 11.2. The molecular weight excluding hydrogens is 489 g/mol. The zero-order valence-electron chi connectivity index (χ0n) is 17.6. The van der Waals surface area contributed by atoms with Gasteiger partial charge in [-0.25, -0.2) is 0 Å². The van der Waals surface area contributed by atoms with Crippen LogP contribution in [0.4, 0.5) is 10.8 Å². The fourth-order valence-electron chi connectivity index (χ4n) is 2.78. The van der Waals surface area contributed by atoms with Crippen molar-refractivity contribution >= 4 is 63.1 Å². The summed E-state index contributed by atoms with van der Waals surface area (Å²) < 4.78 is 5.25. The Bertz CT molecular complexity index is 1200. The standard InChI is InChI=1S/C21H19Cl2N5O4S/c1-11(29)25-16-10-17(32-2)13(9-15(16)23)20(31)26-21-28-27-18(33-21)7-8-24-19(30)12-5-3-4-6-14(12)22/h3-6,9-10H,7-8H2,1-2H3,(H,24,30)(H,25,29)(H,26,28,31). The van der Waals surface area contributed by atoms with Crippen LogP contribution in [0.5, 0.6) is 5.75 Å². The second-order valence-electron chi connectivity index (χ2n) is 6.65. The van der Waals surface area contributed by atoms with Crippen LogP contribution in [0.2, 0.25) is 10.0 Å². The lowest BCUT2D eigenvalue weighted by molar-refractivity contribution is -0.114. The van der Waals surface area contributed by atoms with E-state index in [9.17, 15) is 14.4 Å². The topological polar surface area (TPSA) is 122 Å². The maximum absolute atomic E-state index is 12.7. The molecule has 0 bridgehead atoms. The van der Waals surface area contributed by atoms with Gasteiger partial charge >= 0.3 is 0 Å². The van der Waals surface area contributed by atoms with E-state index in [0.717, 1.165) is 0 Å². The summed E-state index contributed by atoms with van der Waals surface area (Å²) in [4.78, 5) is 36.2. The number of hydrogen-bond acceptors (Lipinski definition) is 7. The molecule has 1 aromatic heterocycles. The highest BCUT2D eigenvalue weighted by Crippen LogP contribution is 2.31. The molecule has 0 unspecified atom stereocenters. The molecule has 0 atom stereocenters. The summed E-state index contributed by atoms with van der Waals surface area (Å²) >= 11 is 13.4. The Labute approximate surface area is 203 Å². The van der Waals surface area contributed by atoms with Crippen molar-refractivity contribution < 1.29 is 19.1 Å². The number of amides is 3. The molecule has 172 valence electrons. The molecule has 0 aliphatic rings. The third kappa shape index (κ3) is 6.41. The molecule has 1 heterocycles. The van der Waals surface area contributed by atoms with Crippen LogP contribution in [0.1, 0.15) is 32.6 Å². The Hall–Kier alpha value is -3.21. The Morgan fingerprint density at radius 1 is 1.00 bits per heavy atom. The van der Waals surface area contributed by atoms with Gasteiger partial charge in [0.25, 0.3) is 11.8 Å². The Morgan fingerprint density at radius 3 is 2.45 bits per heavy atom. The lowest BCUT2D eigenvalue weighted by Gasteiger charge is -2.12. The molecule has 33 heavy (non-hydrogen) atoms. The molecule has 9 nitrogen and oxygen atoms in total. The molecule has 12 heteroatoms. The van der Waals surface area contributed by atoms with E-state index in [4.69, 9.17) is 27.9 Å². The van der Waals surface area contributed by atoms with Gasteiger partial charge in [0, 0.05) is 26.0 Å². The van der Waals surface area contributed by atoms with E-state index in [2.05, 4.69) is 26.1 Å². The lowest BCUT2D eigenvalue weighted by Crippen LogP contribution is -2.25. The summed E-state index contributed by atoms with van der Waals surface area (Å²) in [5.41, 5.74) is 0.886. The first-order valence-electron chi connectivity index (χ1n) is 9.60. The number of benzene rings is 2. The van der Waals surface area contributed by atoms with E-state index >= 15 is 0 Å². The van der Waals surface area contributed by atoms with Crippen LogP contribution in [-0.4, -0.2) is 41.6 Å². The molecule has 2 aromatic carbocycles. The third-order valence-corrected chi connectivity index (χ3v) is 5.82. The highest BCUT2D eigenvalue weighted by atomic mass is 35.5. The van der Waals surface area contributed by atoms with Gasteiger partial charge in [0.1, 0.15) is 10.8 Å². The van der Waals surface area contributed by atoms with Crippen LogP contribution in [0.15, 0.2) is 36.4 Å². The normalized spacial score (nSPS) is 10.4. The predicted molar refractivity (Wildman–Crippen MR) is 128 cm³/mol. The number of carbonyl (C=O) groups excluding carboxylic acids is 3. The second-order valence-corrected chi connectivity index (χ2v) is 8.53. The Balaban J connectivity index is 1.60. The third-order valence-electron chi connectivity index (χ3n) is 4.27. The van der Waals surface area contributed by atoms with Gasteiger partial charge in [-0.15, -0.1) is 10.2 Å². The number of methoxy groups -OCH3 is 1. The number of ether oxygens (including phenoxy) is 1. The predicted octanol–water partition coefficient (Wildman–Crippen LogP) is 4.04. The molecule has 3 N–H and O–H groups in total. The summed E-state index contributed by atoms with van der Waals surface area (Å²) in [6.07, 6.45) is 0.421. The molecule has 3 aromatic rings. The Kier molecular flexibility index (Phi) is 8.21. The molecule has 3 amide bonds. The van der Waals surface area contributed by atoms with Crippen molar-refractivity contribution in [2.75, 3.05) is 24.3 Å². The molecule has 3 rings (SSSR count). The van der Waals surface area contributed by atoms with E-state index in [1.54, 1.807) is 24.3 Å². The van der Waals surface area contributed by atoms with Crippen molar-refractivity contribution in [2.24, 2.45) is 0 Å². The van der Waals surface area contributed by atoms with Gasteiger partial charge in [-0.05, 0) is 18.2 Å². The van der Waals surface area contributed by atoms with Gasteiger partial charge in [0.2, 0.25) is 11.0 Å². The Morgan fingerprint density at radius 2 is 1.76 bits per heavy atom. The monoisotopic (exact) mass is 507 g/mol. The number of carbonyl (C=O) groups is 3. The smallest absolute Gasteiger partial charge is 0.261 e. The highest BCUT2D eigenvalue weighted by molar-refractivity contribution is 7.15. The largest absolute Gasteiger partial charge is 0.496 e. The van der Waals surface area contributed by atoms with Gasteiger partial charge in [-0.3, -0.25) is 19.7 Å². The second kappa shape index (κ2) is 11.1. The van der Waals surface area contributed by atoms with Crippen molar-refractivity contribution in [1.29, 1.82) is 0 Å². The molecule has 0 aliphatic carbocycles. The molecule has 0 aliphatic heterocycles. The number of halogens is 2. The zero-order valence-corrected chi connectivity index (χ0v) is 19.9. The highest BCUT2D eigenvalue weighted by Gasteiger charge is 2.18. The van der Waals surface area contributed by atoms with E-state index in [-0.39, 0.29) is 33.3 Å². The van der Waals surface area contributed by atoms with Gasteiger partial charge in [0.05, 0.1) is 34.0 Å². The summed E-state index contributed by atoms with van der Waals surface area (Å²) in [6.45, 7) is 1.67. The number of aromatic nitrogens is 2. The van der Waals surface area contributed by atoms with Gasteiger partial charge in [0.15, 0.2) is 0 Å². The molecule has 0 saturated heterocycles. The summed E-state index contributed by atoms with van der Waals surface area (Å²) in [6, 6.07) is 9.62. The quantitative estimate of drug-likeness (QED) is 0.422. The van der Waals surface area contributed by atoms with Crippen LogP contribution in [-0.2, 0) is 11.2 Å². The van der Waals surface area contributed by atoms with Gasteiger partial charge in [-0.1, -0.05) is 46.7 Å². The lowest BCUT2D eigenvalue weighted by atomic mass is 10.1. The van der Waals surface area contributed by atoms with Crippen LogP contribution in [0.3, 0.4) is 0 Å². The van der Waals surface area contributed by atoms with Crippen LogP contribution in [0.25, 0.3) is 0 Å². The fraction of sp³-hybridized carbons (Fsp3) is 0.190. The van der Waals surface area contributed by atoms with Crippen LogP contribution >= 0.6 is 34.5 Å². The molecule has 0 fully saturated rings. The van der Waals surface area contributed by atoms with Crippen molar-refractivity contribution in [2.45, 2.75) is 13.3 Å². The van der Waals surface area contributed by atoms with Gasteiger partial charge < -0.3 is 15.4 Å². The zero-order chi connectivity index (χ0) is 24.0. The molecule has 0 spiro atoms. The molecule has 0 radical (unpaired) electrons. The van der Waals surface area contributed by atoms with Crippen molar-refractivity contribution in [3.63, 3.8) is 0 Å². The number of rotatable bonds is 8. The maximum atomic E-state index is 12.7. The van der Waals surface area contributed by atoms with Gasteiger partial charge in [-0.2, -0.15) is 0 Å². The summed E-state index contributed by atoms with van der Waals surface area (Å²) in [5.74, 6) is -0.864. The first-order chi connectivity index (χ1) is 15.8. The van der Waals surface area contributed by atoms with Crippen LogP contribution in [0, 0.1) is 0 Å². The summed E-state index contributed by atoms with van der Waals surface area (Å²) in [7, 11) is 1.40. The average molecular weight is 508 g/mol. The first kappa shape index (κ1) is 24.4. The molecular formula is C21H19Cl2N5O4S. The number of nitrogens with one attached hydrogen (secondary N) is 3. The van der Waals surface area contributed by atoms with E-state index in [1.165, 1.54) is 37.5 Å². The van der Waals surface area contributed by atoms with E-state index in [1.807, 2.05) is 0 Å². The van der Waals surface area contributed by atoms with E-state index in [0.29, 0.717) is 34.2 Å². The maximum Gasteiger partial charge on any atom is 0.261 e. The van der Waals surface area contributed by atoms with E-state index < -0.39 is 5.91 Å². The number of anilines is 2. The minimum atomic E-state index is -0.502. The van der Waals surface area contributed by atoms with Crippen LogP contribution < -0.4 is 20.7 Å². The van der Waals surface area contributed by atoms with Crippen molar-refractivity contribution in [3.05, 3.63) is 62.6 Å². The SMILES string of the molecule is COc1cc(NC(C)=O)c(Cl)cc1C(=O)Nc1nnc(CCNC(=O)c2ccccc2Cl)s1. The minimum Gasteiger partial charge on any atom is -0.496 e. The fourth-order valence-corrected chi connectivity index (χ4v) is 3.95. The number of hydrogen-bond donors (Lipinski definition) is 3. The molecule has 0 saturated carbocycles. The van der Waals surface area contributed by atoms with Crippen molar-refractivity contribution in [3.8, 4) is 5.75 Å². The summed E-state index contributed by atoms with van der Waals surface area (Å²) in [5, 5.41) is 17.4. The number of nitrogens with zero attached hydrogens (tertiary/aromatic N) is 2. The average Bonchev–Trinajstić information content (AvgIpc) is 3.21. The minimum absolute atomic E-state index is 0.167. The van der Waals surface area contributed by atoms with Crippen molar-refractivity contribution in [1.82, 2.24) is 15.5 Å².